The van der Waals surface area contributed by atoms with Crippen LogP contribution >= 0.6 is 15.9 Å². The van der Waals surface area contributed by atoms with Crippen molar-refractivity contribution >= 4 is 26.0 Å². The van der Waals surface area contributed by atoms with Gasteiger partial charge in [-0.25, -0.2) is 8.42 Å². The Morgan fingerprint density at radius 3 is 2.76 bits per heavy atom. The van der Waals surface area contributed by atoms with Crippen LogP contribution in [0.5, 0.6) is 0 Å². The van der Waals surface area contributed by atoms with E-state index in [1.807, 2.05) is 31.3 Å². The molecule has 0 saturated carbocycles. The van der Waals surface area contributed by atoms with Crippen molar-refractivity contribution in [2.24, 2.45) is 0 Å². The largest absolute Gasteiger partial charge is 0.363 e. The van der Waals surface area contributed by atoms with Crippen molar-refractivity contribution in [1.82, 2.24) is 14.6 Å². The van der Waals surface area contributed by atoms with Crippen LogP contribution in [0.1, 0.15) is 11.3 Å². The highest BCUT2D eigenvalue weighted by Crippen LogP contribution is 2.19. The average molecular weight is 372 g/mol. The minimum absolute atomic E-state index is 0.283. The maximum absolute atomic E-state index is 12.5. The van der Waals surface area contributed by atoms with Gasteiger partial charge in [0.05, 0.1) is 4.90 Å². The molecule has 2 rings (SSSR count). The van der Waals surface area contributed by atoms with E-state index in [1.165, 1.54) is 10.5 Å². The van der Waals surface area contributed by atoms with E-state index in [2.05, 4.69) is 26.2 Å². The quantitative estimate of drug-likeness (QED) is 0.818. The molecule has 114 valence electrons. The third kappa shape index (κ3) is 3.94. The molecule has 2 N–H and O–H groups in total. The molecule has 0 aliphatic heterocycles. The van der Waals surface area contributed by atoms with Crippen LogP contribution in [-0.2, 0) is 23.1 Å². The lowest BCUT2D eigenvalue weighted by atomic mass is 10.2. The minimum Gasteiger partial charge on any atom is -0.363 e. The number of hydrogen-bond acceptors (Lipinski definition) is 3. The van der Waals surface area contributed by atoms with Gasteiger partial charge in [0.1, 0.15) is 0 Å². The first kappa shape index (κ1) is 16.2. The molecule has 0 fully saturated rings. The number of nitrogens with zero attached hydrogens (tertiary/aromatic N) is 1. The molecule has 1 heterocycles. The standard InChI is InChI=1S/C14H18BrN3O2S/c1-16-8-13-7-14(9-17-13)21(19,20)18(2)10-11-4-3-5-12(15)6-11/h3-7,9,16-17H,8,10H2,1-2H3. The van der Waals surface area contributed by atoms with Crippen LogP contribution in [0, 0.1) is 0 Å². The van der Waals surface area contributed by atoms with Crippen LogP contribution in [0.15, 0.2) is 45.9 Å². The Morgan fingerprint density at radius 1 is 1.33 bits per heavy atom. The molecule has 0 radical (unpaired) electrons. The fourth-order valence-electron chi connectivity index (χ4n) is 2.02. The lowest BCUT2D eigenvalue weighted by Crippen LogP contribution is -2.26. The Balaban J connectivity index is 2.17. The van der Waals surface area contributed by atoms with Crippen LogP contribution in [0.2, 0.25) is 0 Å². The monoisotopic (exact) mass is 371 g/mol. The predicted molar refractivity (Wildman–Crippen MR) is 86.4 cm³/mol. The average Bonchev–Trinajstić information content (AvgIpc) is 2.88. The highest BCUT2D eigenvalue weighted by atomic mass is 79.9. The third-order valence-corrected chi connectivity index (χ3v) is 5.36. The summed E-state index contributed by atoms with van der Waals surface area (Å²) < 4.78 is 27.3. The maximum atomic E-state index is 12.5. The molecule has 0 atom stereocenters. The summed E-state index contributed by atoms with van der Waals surface area (Å²) in [7, 11) is -0.0903. The van der Waals surface area contributed by atoms with Crippen molar-refractivity contribution in [3.05, 3.63) is 52.3 Å². The predicted octanol–water partition coefficient (Wildman–Crippen LogP) is 2.32. The van der Waals surface area contributed by atoms with Gasteiger partial charge in [0, 0.05) is 36.5 Å². The summed E-state index contributed by atoms with van der Waals surface area (Å²) in [5.41, 5.74) is 1.77. The number of aromatic amines is 1. The van der Waals surface area contributed by atoms with Gasteiger partial charge in [-0.05, 0) is 30.8 Å². The summed E-state index contributed by atoms with van der Waals surface area (Å²) in [6, 6.07) is 9.27. The van der Waals surface area contributed by atoms with Gasteiger partial charge in [0.15, 0.2) is 0 Å². The number of hydrogen-bond donors (Lipinski definition) is 2. The van der Waals surface area contributed by atoms with E-state index in [0.29, 0.717) is 13.1 Å². The van der Waals surface area contributed by atoms with Crippen LogP contribution in [0.4, 0.5) is 0 Å². The minimum atomic E-state index is -3.49. The molecule has 1 aromatic carbocycles. The second-order valence-electron chi connectivity index (χ2n) is 4.78. The second kappa shape index (κ2) is 6.74. The Hall–Kier alpha value is -1.15. The first-order valence-corrected chi connectivity index (χ1v) is 8.69. The number of rotatable bonds is 6. The van der Waals surface area contributed by atoms with Crippen molar-refractivity contribution in [2.75, 3.05) is 14.1 Å². The van der Waals surface area contributed by atoms with Crippen LogP contribution in [0.3, 0.4) is 0 Å². The molecule has 1 aromatic heterocycles. The van der Waals surface area contributed by atoms with Crippen molar-refractivity contribution in [2.45, 2.75) is 18.0 Å². The van der Waals surface area contributed by atoms with Crippen molar-refractivity contribution in [3.8, 4) is 0 Å². The van der Waals surface area contributed by atoms with Crippen LogP contribution in [-0.4, -0.2) is 31.8 Å². The molecule has 0 aliphatic rings. The van der Waals surface area contributed by atoms with E-state index in [9.17, 15) is 8.42 Å². The Bertz CT molecular complexity index is 713. The number of aromatic nitrogens is 1. The number of nitrogens with one attached hydrogen (secondary N) is 2. The normalized spacial score (nSPS) is 12.0. The molecular formula is C14H18BrN3O2S. The van der Waals surface area contributed by atoms with Gasteiger partial charge >= 0.3 is 0 Å². The second-order valence-corrected chi connectivity index (χ2v) is 7.74. The number of benzene rings is 1. The Labute approximate surface area is 133 Å². The Morgan fingerprint density at radius 2 is 2.10 bits per heavy atom. The molecular weight excluding hydrogens is 354 g/mol. The van der Waals surface area contributed by atoms with Gasteiger partial charge in [-0.3, -0.25) is 0 Å². The molecule has 0 saturated heterocycles. The summed E-state index contributed by atoms with van der Waals surface area (Å²) in [4.78, 5) is 3.25. The van der Waals surface area contributed by atoms with E-state index in [0.717, 1.165) is 15.7 Å². The van der Waals surface area contributed by atoms with Gasteiger partial charge in [-0.1, -0.05) is 28.1 Å². The maximum Gasteiger partial charge on any atom is 0.244 e. The summed E-state index contributed by atoms with van der Waals surface area (Å²) in [6.07, 6.45) is 1.53. The van der Waals surface area contributed by atoms with Crippen LogP contribution < -0.4 is 5.32 Å². The van der Waals surface area contributed by atoms with Crippen LogP contribution in [0.25, 0.3) is 0 Å². The zero-order valence-electron chi connectivity index (χ0n) is 11.9. The fourth-order valence-corrected chi connectivity index (χ4v) is 3.64. The number of sulfonamides is 1. The molecule has 0 amide bonds. The molecule has 0 bridgehead atoms. The first-order chi connectivity index (χ1) is 9.93. The van der Waals surface area contributed by atoms with E-state index in [1.54, 1.807) is 13.1 Å². The van der Waals surface area contributed by atoms with E-state index < -0.39 is 10.0 Å². The SMILES string of the molecule is CNCc1cc(S(=O)(=O)N(C)Cc2cccc(Br)c2)c[nH]1. The first-order valence-electron chi connectivity index (χ1n) is 6.46. The summed E-state index contributed by atoms with van der Waals surface area (Å²) in [5.74, 6) is 0. The zero-order chi connectivity index (χ0) is 15.5. The molecule has 5 nitrogen and oxygen atoms in total. The van der Waals surface area contributed by atoms with Crippen molar-refractivity contribution in [3.63, 3.8) is 0 Å². The Kier molecular flexibility index (Phi) is 5.21. The van der Waals surface area contributed by atoms with Gasteiger partial charge in [-0.2, -0.15) is 4.31 Å². The topological polar surface area (TPSA) is 65.2 Å². The van der Waals surface area contributed by atoms with Gasteiger partial charge in [0.2, 0.25) is 10.0 Å². The van der Waals surface area contributed by atoms with Crippen molar-refractivity contribution < 1.29 is 8.42 Å². The fraction of sp³-hybridized carbons (Fsp3) is 0.286. The smallest absolute Gasteiger partial charge is 0.244 e. The van der Waals surface area contributed by atoms with Gasteiger partial charge in [-0.15, -0.1) is 0 Å². The van der Waals surface area contributed by atoms with E-state index in [-0.39, 0.29) is 4.90 Å². The van der Waals surface area contributed by atoms with Crippen molar-refractivity contribution in [1.29, 1.82) is 0 Å². The third-order valence-electron chi connectivity index (χ3n) is 3.09. The molecule has 0 spiro atoms. The lowest BCUT2D eigenvalue weighted by Gasteiger charge is -2.16. The number of halogens is 1. The molecule has 21 heavy (non-hydrogen) atoms. The molecule has 0 unspecified atom stereocenters. The highest BCUT2D eigenvalue weighted by Gasteiger charge is 2.22. The lowest BCUT2D eigenvalue weighted by molar-refractivity contribution is 0.467. The summed E-state index contributed by atoms with van der Waals surface area (Å²) in [5, 5.41) is 2.98. The molecule has 2 aromatic rings. The van der Waals surface area contributed by atoms with Gasteiger partial charge < -0.3 is 10.3 Å². The van der Waals surface area contributed by atoms with E-state index >= 15 is 0 Å². The highest BCUT2D eigenvalue weighted by molar-refractivity contribution is 9.10. The number of H-pyrrole nitrogens is 1. The zero-order valence-corrected chi connectivity index (χ0v) is 14.3. The molecule has 0 aliphatic carbocycles. The van der Waals surface area contributed by atoms with Gasteiger partial charge in [0.25, 0.3) is 0 Å². The summed E-state index contributed by atoms with van der Waals surface area (Å²) >= 11 is 3.39. The van der Waals surface area contributed by atoms with E-state index in [4.69, 9.17) is 0 Å². The summed E-state index contributed by atoms with van der Waals surface area (Å²) in [6.45, 7) is 0.930. The molecule has 7 heteroatoms.